The summed E-state index contributed by atoms with van der Waals surface area (Å²) < 4.78 is 0. The van der Waals surface area contributed by atoms with Crippen molar-refractivity contribution in [2.24, 2.45) is 0 Å². The molecular formula is C15H18N2O2. The van der Waals surface area contributed by atoms with Crippen LogP contribution in [0.1, 0.15) is 25.8 Å². The third-order valence-electron chi connectivity index (χ3n) is 3.14. The third-order valence-corrected chi connectivity index (χ3v) is 3.14. The molecule has 0 saturated heterocycles. The van der Waals surface area contributed by atoms with Crippen molar-refractivity contribution >= 4 is 16.8 Å². The number of para-hydroxylation sites is 1. The summed E-state index contributed by atoms with van der Waals surface area (Å²) in [7, 11) is 0. The predicted octanol–water partition coefficient (Wildman–Crippen LogP) is 2.29. The van der Waals surface area contributed by atoms with Gasteiger partial charge in [-0.2, -0.15) is 0 Å². The fraction of sp³-hybridized carbons (Fsp3) is 0.333. The highest BCUT2D eigenvalue weighted by Crippen LogP contribution is 2.16. The summed E-state index contributed by atoms with van der Waals surface area (Å²) in [5.74, 6) is 0.0335. The van der Waals surface area contributed by atoms with Crippen molar-refractivity contribution in [2.75, 3.05) is 6.54 Å². The number of aromatic nitrogens is 1. The number of amides is 1. The van der Waals surface area contributed by atoms with Crippen molar-refractivity contribution in [3.63, 3.8) is 0 Å². The van der Waals surface area contributed by atoms with Crippen molar-refractivity contribution in [3.05, 3.63) is 46.2 Å². The molecule has 1 aromatic heterocycles. The lowest BCUT2D eigenvalue weighted by Gasteiger charge is -2.21. The second-order valence-electron chi connectivity index (χ2n) is 4.64. The first-order chi connectivity index (χ1) is 9.11. The normalized spacial score (nSPS) is 10.6. The number of pyridine rings is 1. The van der Waals surface area contributed by atoms with Crippen LogP contribution in [0.4, 0.5) is 0 Å². The molecule has 1 amide bonds. The van der Waals surface area contributed by atoms with Gasteiger partial charge in [-0.1, -0.05) is 25.1 Å². The summed E-state index contributed by atoms with van der Waals surface area (Å²) in [4.78, 5) is 27.8. The molecule has 0 aliphatic rings. The summed E-state index contributed by atoms with van der Waals surface area (Å²) in [6.07, 6.45) is 0.903. The van der Waals surface area contributed by atoms with E-state index in [1.165, 1.54) is 0 Å². The van der Waals surface area contributed by atoms with Crippen LogP contribution in [0.15, 0.2) is 35.1 Å². The molecule has 4 nitrogen and oxygen atoms in total. The minimum Gasteiger partial charge on any atom is -0.339 e. The Morgan fingerprint density at radius 2 is 2.05 bits per heavy atom. The first kappa shape index (κ1) is 13.3. The smallest absolute Gasteiger partial charge is 0.248 e. The van der Waals surface area contributed by atoms with E-state index in [0.717, 1.165) is 22.9 Å². The highest BCUT2D eigenvalue weighted by Gasteiger charge is 2.11. The van der Waals surface area contributed by atoms with E-state index in [0.29, 0.717) is 13.1 Å². The molecule has 0 spiro atoms. The van der Waals surface area contributed by atoms with E-state index in [-0.39, 0.29) is 11.5 Å². The second kappa shape index (κ2) is 5.69. The fourth-order valence-electron chi connectivity index (χ4n) is 2.23. The van der Waals surface area contributed by atoms with E-state index in [9.17, 15) is 9.59 Å². The van der Waals surface area contributed by atoms with Crippen LogP contribution < -0.4 is 5.56 Å². The van der Waals surface area contributed by atoms with E-state index < -0.39 is 0 Å². The van der Waals surface area contributed by atoms with Crippen molar-refractivity contribution < 1.29 is 4.79 Å². The van der Waals surface area contributed by atoms with Gasteiger partial charge >= 0.3 is 0 Å². The van der Waals surface area contributed by atoms with E-state index in [2.05, 4.69) is 4.98 Å². The average molecular weight is 258 g/mol. The van der Waals surface area contributed by atoms with Gasteiger partial charge in [-0.25, -0.2) is 0 Å². The molecular weight excluding hydrogens is 240 g/mol. The highest BCUT2D eigenvalue weighted by molar-refractivity contribution is 5.82. The Kier molecular flexibility index (Phi) is 4.00. The Bertz CT molecular complexity index is 646. The molecule has 1 aromatic carbocycles. The minimum atomic E-state index is -0.131. The Hall–Kier alpha value is -2.10. The lowest BCUT2D eigenvalue weighted by molar-refractivity contribution is -0.129. The van der Waals surface area contributed by atoms with Gasteiger partial charge in [-0.3, -0.25) is 9.59 Å². The first-order valence-corrected chi connectivity index (χ1v) is 6.48. The maximum atomic E-state index is 11.7. The molecule has 0 bridgehead atoms. The maximum absolute atomic E-state index is 11.7. The van der Waals surface area contributed by atoms with Gasteiger partial charge in [0.05, 0.1) is 0 Å². The number of fused-ring (bicyclic) bond motifs is 1. The number of H-pyrrole nitrogens is 1. The molecule has 1 N–H and O–H groups in total. The lowest BCUT2D eigenvalue weighted by atomic mass is 10.1. The number of nitrogens with zero attached hydrogens (tertiary/aromatic N) is 1. The van der Waals surface area contributed by atoms with E-state index >= 15 is 0 Å². The summed E-state index contributed by atoms with van der Waals surface area (Å²) in [6, 6.07) is 9.23. The molecule has 0 aliphatic heterocycles. The largest absolute Gasteiger partial charge is 0.339 e. The van der Waals surface area contributed by atoms with Gasteiger partial charge in [-0.15, -0.1) is 0 Å². The van der Waals surface area contributed by atoms with Crippen LogP contribution in [-0.4, -0.2) is 22.3 Å². The molecule has 0 saturated carbocycles. The number of carbonyl (C=O) groups is 1. The third kappa shape index (κ3) is 3.02. The standard InChI is InChI=1S/C15H18N2O2/c1-3-8-17(11(2)18)10-12-9-15(19)16-14-7-5-4-6-13(12)14/h4-7,9H,3,8,10H2,1-2H3,(H,16,19). The summed E-state index contributed by atoms with van der Waals surface area (Å²) in [5.41, 5.74) is 1.57. The number of nitrogens with one attached hydrogen (secondary N) is 1. The zero-order valence-electron chi connectivity index (χ0n) is 11.3. The molecule has 0 atom stereocenters. The molecule has 0 fully saturated rings. The number of carbonyl (C=O) groups excluding carboxylic acids is 1. The van der Waals surface area contributed by atoms with E-state index in [1.54, 1.807) is 17.9 Å². The number of rotatable bonds is 4. The van der Waals surface area contributed by atoms with Crippen LogP contribution in [0.5, 0.6) is 0 Å². The number of hydrogen-bond acceptors (Lipinski definition) is 2. The molecule has 0 unspecified atom stereocenters. The van der Waals surface area contributed by atoms with Crippen LogP contribution in [0.25, 0.3) is 10.9 Å². The zero-order valence-corrected chi connectivity index (χ0v) is 11.3. The van der Waals surface area contributed by atoms with Crippen molar-refractivity contribution in [1.82, 2.24) is 9.88 Å². The Labute approximate surface area is 112 Å². The van der Waals surface area contributed by atoms with Gasteiger partial charge in [0.2, 0.25) is 11.5 Å². The highest BCUT2D eigenvalue weighted by atomic mass is 16.2. The SMILES string of the molecule is CCCN(Cc1cc(=O)[nH]c2ccccc12)C(C)=O. The van der Waals surface area contributed by atoms with Gasteiger partial charge in [-0.05, 0) is 18.1 Å². The molecule has 1 heterocycles. The molecule has 100 valence electrons. The predicted molar refractivity (Wildman–Crippen MR) is 76.0 cm³/mol. The topological polar surface area (TPSA) is 53.2 Å². The fourth-order valence-corrected chi connectivity index (χ4v) is 2.23. The quantitative estimate of drug-likeness (QED) is 0.914. The number of benzene rings is 1. The summed E-state index contributed by atoms with van der Waals surface area (Å²) >= 11 is 0. The number of hydrogen-bond donors (Lipinski definition) is 1. The minimum absolute atomic E-state index is 0.0335. The van der Waals surface area contributed by atoms with Crippen LogP contribution in [0, 0.1) is 0 Å². The van der Waals surface area contributed by atoms with Crippen molar-refractivity contribution in [1.29, 1.82) is 0 Å². The molecule has 0 radical (unpaired) electrons. The van der Waals surface area contributed by atoms with E-state index in [4.69, 9.17) is 0 Å². The summed E-state index contributed by atoms with van der Waals surface area (Å²) in [6.45, 7) is 4.78. The Morgan fingerprint density at radius 3 is 2.74 bits per heavy atom. The van der Waals surface area contributed by atoms with E-state index in [1.807, 2.05) is 31.2 Å². The molecule has 2 rings (SSSR count). The van der Waals surface area contributed by atoms with Crippen LogP contribution in [0.3, 0.4) is 0 Å². The Balaban J connectivity index is 2.44. The zero-order chi connectivity index (χ0) is 13.8. The first-order valence-electron chi connectivity index (χ1n) is 6.48. The molecule has 2 aromatic rings. The lowest BCUT2D eigenvalue weighted by Crippen LogP contribution is -2.29. The second-order valence-corrected chi connectivity index (χ2v) is 4.64. The molecule has 19 heavy (non-hydrogen) atoms. The van der Waals surface area contributed by atoms with Crippen LogP contribution in [0.2, 0.25) is 0 Å². The van der Waals surface area contributed by atoms with Crippen LogP contribution >= 0.6 is 0 Å². The van der Waals surface area contributed by atoms with Gasteiger partial charge in [0, 0.05) is 37.0 Å². The molecule has 0 aliphatic carbocycles. The van der Waals surface area contributed by atoms with Gasteiger partial charge in [0.25, 0.3) is 0 Å². The van der Waals surface area contributed by atoms with Gasteiger partial charge in [0.1, 0.15) is 0 Å². The Morgan fingerprint density at radius 1 is 1.32 bits per heavy atom. The van der Waals surface area contributed by atoms with Crippen molar-refractivity contribution in [2.45, 2.75) is 26.8 Å². The molecule has 4 heteroatoms. The average Bonchev–Trinajstić information content (AvgIpc) is 2.37. The van der Waals surface area contributed by atoms with Crippen LogP contribution in [-0.2, 0) is 11.3 Å². The maximum Gasteiger partial charge on any atom is 0.248 e. The van der Waals surface area contributed by atoms with Gasteiger partial charge < -0.3 is 9.88 Å². The monoisotopic (exact) mass is 258 g/mol. The number of aromatic amines is 1. The summed E-state index contributed by atoms with van der Waals surface area (Å²) in [5, 5.41) is 0.990. The van der Waals surface area contributed by atoms with Gasteiger partial charge in [0.15, 0.2) is 0 Å². The van der Waals surface area contributed by atoms with Crippen molar-refractivity contribution in [3.8, 4) is 0 Å².